The smallest absolute Gasteiger partial charge is 0.276 e. The van der Waals surface area contributed by atoms with Gasteiger partial charge < -0.3 is 9.84 Å². The lowest BCUT2D eigenvalue weighted by molar-refractivity contribution is -0.385. The number of benzene rings is 2. The number of hydrazone groups is 1. The van der Waals surface area contributed by atoms with Gasteiger partial charge in [0.25, 0.3) is 15.7 Å². The van der Waals surface area contributed by atoms with Crippen LogP contribution in [0.1, 0.15) is 5.56 Å². The van der Waals surface area contributed by atoms with Gasteiger partial charge in [-0.1, -0.05) is 22.0 Å². The molecule has 0 aliphatic heterocycles. The number of ether oxygens (including phenoxy) is 1. The molecule has 0 atom stereocenters. The number of methoxy groups -OCH3 is 1. The van der Waals surface area contributed by atoms with E-state index in [1.165, 1.54) is 37.4 Å². The van der Waals surface area contributed by atoms with Gasteiger partial charge >= 0.3 is 0 Å². The van der Waals surface area contributed by atoms with Gasteiger partial charge in [0.05, 0.1) is 23.1 Å². The van der Waals surface area contributed by atoms with E-state index in [1.54, 1.807) is 0 Å². The molecule has 0 aliphatic rings. The molecule has 2 rings (SSSR count). The molecule has 2 N–H and O–H groups in total. The Morgan fingerprint density at radius 2 is 2.08 bits per heavy atom. The van der Waals surface area contributed by atoms with Crippen LogP contribution in [-0.2, 0) is 10.0 Å². The first-order valence-corrected chi connectivity index (χ1v) is 8.88. The van der Waals surface area contributed by atoms with Gasteiger partial charge in [0, 0.05) is 22.2 Å². The summed E-state index contributed by atoms with van der Waals surface area (Å²) >= 11 is 3.22. The second-order valence-corrected chi connectivity index (χ2v) is 7.23. The molecule has 0 bridgehead atoms. The predicted molar refractivity (Wildman–Crippen MR) is 93.4 cm³/mol. The van der Waals surface area contributed by atoms with Crippen molar-refractivity contribution in [2.24, 2.45) is 5.10 Å². The second-order valence-electron chi connectivity index (χ2n) is 4.65. The van der Waals surface area contributed by atoms with E-state index in [9.17, 15) is 23.6 Å². The Morgan fingerprint density at radius 1 is 1.36 bits per heavy atom. The molecule has 2 aromatic rings. The zero-order valence-electron chi connectivity index (χ0n) is 12.7. The summed E-state index contributed by atoms with van der Waals surface area (Å²) in [5, 5.41) is 24.3. The van der Waals surface area contributed by atoms with Crippen molar-refractivity contribution in [3.8, 4) is 11.5 Å². The zero-order chi connectivity index (χ0) is 18.6. The lowest BCUT2D eigenvalue weighted by atomic mass is 10.2. The Hall–Kier alpha value is -2.66. The Balaban J connectivity index is 2.26. The van der Waals surface area contributed by atoms with Crippen LogP contribution >= 0.6 is 15.9 Å². The van der Waals surface area contributed by atoms with Crippen LogP contribution in [0.15, 0.2) is 50.9 Å². The van der Waals surface area contributed by atoms with Crippen molar-refractivity contribution in [2.75, 3.05) is 7.11 Å². The summed E-state index contributed by atoms with van der Waals surface area (Å²) in [6.45, 7) is 0. The number of hydrogen-bond acceptors (Lipinski definition) is 7. The maximum Gasteiger partial charge on any atom is 0.276 e. The first kappa shape index (κ1) is 18.7. The van der Waals surface area contributed by atoms with Crippen LogP contribution in [-0.4, -0.2) is 31.8 Å². The fourth-order valence-corrected chi connectivity index (χ4v) is 3.12. The number of phenolic OH excluding ortho intramolecular Hbond substituents is 1. The Kier molecular flexibility index (Phi) is 5.59. The van der Waals surface area contributed by atoms with Crippen LogP contribution in [0.25, 0.3) is 0 Å². The molecular formula is C14H12BrN3O6S. The fraction of sp³-hybridized carbons (Fsp3) is 0.0714. The minimum Gasteiger partial charge on any atom is -0.504 e. The summed E-state index contributed by atoms with van der Waals surface area (Å²) in [5.41, 5.74) is -0.158. The first-order chi connectivity index (χ1) is 11.7. The van der Waals surface area contributed by atoms with Gasteiger partial charge in [0.1, 0.15) is 0 Å². The van der Waals surface area contributed by atoms with E-state index in [-0.39, 0.29) is 27.6 Å². The van der Waals surface area contributed by atoms with Crippen molar-refractivity contribution in [2.45, 2.75) is 4.90 Å². The maximum atomic E-state index is 12.1. The maximum absolute atomic E-state index is 12.1. The molecule has 0 heterocycles. The molecular weight excluding hydrogens is 418 g/mol. The van der Waals surface area contributed by atoms with Gasteiger partial charge in [-0.25, -0.2) is 4.83 Å². The van der Waals surface area contributed by atoms with Crippen molar-refractivity contribution >= 4 is 37.9 Å². The van der Waals surface area contributed by atoms with Gasteiger partial charge in [-0.15, -0.1) is 0 Å². The van der Waals surface area contributed by atoms with Crippen molar-refractivity contribution in [1.82, 2.24) is 4.83 Å². The monoisotopic (exact) mass is 429 g/mol. The molecule has 11 heteroatoms. The Labute approximate surface area is 151 Å². The standard InChI is InChI=1S/C14H12BrN3O6S/c1-24-13-6-10(15)5-9(14(13)19)8-16-17-25(22,23)12-4-2-3-11(7-12)18(20)21/h2-8,17,19H,1H3/b16-8+. The number of nitrogens with zero attached hydrogens (tertiary/aromatic N) is 2. The number of sulfonamides is 1. The summed E-state index contributed by atoms with van der Waals surface area (Å²) in [5.74, 6) is -0.0404. The van der Waals surface area contributed by atoms with Gasteiger partial charge in [-0.3, -0.25) is 10.1 Å². The summed E-state index contributed by atoms with van der Waals surface area (Å²) in [6.07, 6.45) is 1.08. The highest BCUT2D eigenvalue weighted by Gasteiger charge is 2.17. The SMILES string of the molecule is COc1cc(Br)cc(/C=N/NS(=O)(=O)c2cccc([N+](=O)[O-])c2)c1O. The van der Waals surface area contributed by atoms with Crippen molar-refractivity contribution in [3.63, 3.8) is 0 Å². The normalized spacial score (nSPS) is 11.4. The van der Waals surface area contributed by atoms with Crippen LogP contribution < -0.4 is 9.57 Å². The topological polar surface area (TPSA) is 131 Å². The number of nitro groups is 1. The second kappa shape index (κ2) is 7.49. The highest BCUT2D eigenvalue weighted by atomic mass is 79.9. The lowest BCUT2D eigenvalue weighted by Crippen LogP contribution is -2.18. The van der Waals surface area contributed by atoms with Gasteiger partial charge in [0.2, 0.25) is 0 Å². The van der Waals surface area contributed by atoms with Gasteiger partial charge in [0.15, 0.2) is 11.5 Å². The minimum atomic E-state index is -4.10. The van der Waals surface area contributed by atoms with Crippen molar-refractivity contribution in [3.05, 3.63) is 56.5 Å². The molecule has 0 amide bonds. The summed E-state index contributed by atoms with van der Waals surface area (Å²) < 4.78 is 29.8. The Bertz CT molecular complexity index is 946. The summed E-state index contributed by atoms with van der Waals surface area (Å²) in [6, 6.07) is 7.57. The van der Waals surface area contributed by atoms with Crippen molar-refractivity contribution < 1.29 is 23.2 Å². The number of rotatable bonds is 6. The average Bonchev–Trinajstić information content (AvgIpc) is 2.57. The third kappa shape index (κ3) is 4.45. The molecule has 9 nitrogen and oxygen atoms in total. The minimum absolute atomic E-state index is 0.178. The lowest BCUT2D eigenvalue weighted by Gasteiger charge is -2.07. The average molecular weight is 430 g/mol. The molecule has 0 radical (unpaired) electrons. The molecule has 25 heavy (non-hydrogen) atoms. The highest BCUT2D eigenvalue weighted by Crippen LogP contribution is 2.32. The largest absolute Gasteiger partial charge is 0.504 e. The predicted octanol–water partition coefficient (Wildman–Crippen LogP) is 2.38. The van der Waals surface area contributed by atoms with Crippen LogP contribution in [0, 0.1) is 10.1 Å². The first-order valence-electron chi connectivity index (χ1n) is 6.60. The van der Waals surface area contributed by atoms with Crippen LogP contribution in [0.3, 0.4) is 0 Å². The number of hydrogen-bond donors (Lipinski definition) is 2. The van der Waals surface area contributed by atoms with E-state index < -0.39 is 14.9 Å². The number of phenols is 1. The third-order valence-electron chi connectivity index (χ3n) is 3.00. The fourth-order valence-electron chi connectivity index (χ4n) is 1.83. The molecule has 0 unspecified atom stereocenters. The summed E-state index contributed by atoms with van der Waals surface area (Å²) in [4.78, 5) is 11.6. The van der Waals surface area contributed by atoms with E-state index in [0.29, 0.717) is 4.47 Å². The third-order valence-corrected chi connectivity index (χ3v) is 4.68. The molecule has 0 saturated carbocycles. The number of nitro benzene ring substituents is 1. The number of aromatic hydroxyl groups is 1. The van der Waals surface area contributed by atoms with Crippen LogP contribution in [0.2, 0.25) is 0 Å². The summed E-state index contributed by atoms with van der Waals surface area (Å²) in [7, 11) is -2.73. The molecule has 0 aromatic heterocycles. The Morgan fingerprint density at radius 3 is 2.72 bits per heavy atom. The van der Waals surface area contributed by atoms with E-state index in [4.69, 9.17) is 4.74 Å². The van der Waals surface area contributed by atoms with E-state index in [1.807, 2.05) is 4.83 Å². The molecule has 2 aromatic carbocycles. The number of nitrogens with one attached hydrogen (secondary N) is 1. The highest BCUT2D eigenvalue weighted by molar-refractivity contribution is 9.10. The molecule has 0 aliphatic carbocycles. The molecule has 0 fully saturated rings. The van der Waals surface area contributed by atoms with E-state index in [0.717, 1.165) is 12.3 Å². The number of non-ortho nitro benzene ring substituents is 1. The van der Waals surface area contributed by atoms with E-state index in [2.05, 4.69) is 21.0 Å². The van der Waals surface area contributed by atoms with Crippen LogP contribution in [0.5, 0.6) is 11.5 Å². The quantitative estimate of drug-likeness (QED) is 0.411. The number of halogens is 1. The van der Waals surface area contributed by atoms with Gasteiger partial charge in [-0.2, -0.15) is 13.5 Å². The van der Waals surface area contributed by atoms with Crippen LogP contribution in [0.4, 0.5) is 5.69 Å². The van der Waals surface area contributed by atoms with Crippen molar-refractivity contribution in [1.29, 1.82) is 0 Å². The molecule has 0 saturated heterocycles. The van der Waals surface area contributed by atoms with E-state index >= 15 is 0 Å². The van der Waals surface area contributed by atoms with Gasteiger partial charge in [-0.05, 0) is 18.2 Å². The zero-order valence-corrected chi connectivity index (χ0v) is 15.1. The molecule has 0 spiro atoms. The molecule has 132 valence electrons.